The Morgan fingerprint density at radius 1 is 1.18 bits per heavy atom. The lowest BCUT2D eigenvalue weighted by Gasteiger charge is -2.13. The van der Waals surface area contributed by atoms with E-state index in [0.717, 1.165) is 16.9 Å². The Kier molecular flexibility index (Phi) is 3.14. The molecule has 0 aromatic carbocycles. The number of H-pyrrole nitrogens is 1. The second-order valence-electron chi connectivity index (χ2n) is 5.72. The van der Waals surface area contributed by atoms with Crippen LogP contribution < -0.4 is 10.9 Å². The van der Waals surface area contributed by atoms with Gasteiger partial charge in [-0.1, -0.05) is 12.8 Å². The zero-order valence-corrected chi connectivity index (χ0v) is 12.1. The van der Waals surface area contributed by atoms with Crippen molar-refractivity contribution < 1.29 is 0 Å². The summed E-state index contributed by atoms with van der Waals surface area (Å²) in [4.78, 5) is 16.8. The van der Waals surface area contributed by atoms with Crippen molar-refractivity contribution in [3.63, 3.8) is 0 Å². The number of hydrogen-bond donors (Lipinski definition) is 2. The van der Waals surface area contributed by atoms with Gasteiger partial charge in [-0.15, -0.1) is 0 Å². The maximum absolute atomic E-state index is 12.4. The molecule has 4 rings (SSSR count). The Morgan fingerprint density at radius 3 is 2.82 bits per heavy atom. The summed E-state index contributed by atoms with van der Waals surface area (Å²) in [7, 11) is 0. The van der Waals surface area contributed by atoms with E-state index >= 15 is 0 Å². The highest BCUT2D eigenvalue weighted by Gasteiger charge is 2.15. The monoisotopic (exact) mass is 295 g/mol. The highest BCUT2D eigenvalue weighted by atomic mass is 16.1. The van der Waals surface area contributed by atoms with Crippen LogP contribution >= 0.6 is 0 Å². The molecule has 0 aliphatic heterocycles. The van der Waals surface area contributed by atoms with Gasteiger partial charge in [0.05, 0.1) is 18.1 Å². The highest BCUT2D eigenvalue weighted by Crippen LogP contribution is 2.21. The van der Waals surface area contributed by atoms with Crippen molar-refractivity contribution in [1.29, 1.82) is 0 Å². The number of aromatic nitrogens is 4. The van der Waals surface area contributed by atoms with E-state index in [-0.39, 0.29) is 5.56 Å². The average molecular weight is 295 g/mol. The van der Waals surface area contributed by atoms with E-state index in [0.29, 0.717) is 11.6 Å². The zero-order valence-electron chi connectivity index (χ0n) is 12.1. The number of pyridine rings is 2. The fourth-order valence-electron chi connectivity index (χ4n) is 3.03. The van der Waals surface area contributed by atoms with Gasteiger partial charge in [0.1, 0.15) is 11.3 Å². The van der Waals surface area contributed by atoms with Crippen molar-refractivity contribution >= 4 is 16.7 Å². The van der Waals surface area contributed by atoms with E-state index in [1.165, 1.54) is 25.7 Å². The van der Waals surface area contributed by atoms with Crippen LogP contribution in [0.3, 0.4) is 0 Å². The molecule has 1 saturated carbocycles. The third kappa shape index (κ3) is 2.26. The molecule has 22 heavy (non-hydrogen) atoms. The van der Waals surface area contributed by atoms with Crippen LogP contribution in [0.2, 0.25) is 0 Å². The summed E-state index contributed by atoms with van der Waals surface area (Å²) in [5.74, 6) is 0.867. The van der Waals surface area contributed by atoms with E-state index in [2.05, 4.69) is 20.5 Å². The molecule has 6 nitrogen and oxygen atoms in total. The second-order valence-corrected chi connectivity index (χ2v) is 5.72. The van der Waals surface area contributed by atoms with Gasteiger partial charge in [-0.2, -0.15) is 5.10 Å². The van der Waals surface area contributed by atoms with Crippen LogP contribution in [0.5, 0.6) is 0 Å². The van der Waals surface area contributed by atoms with Crippen LogP contribution in [0, 0.1) is 0 Å². The van der Waals surface area contributed by atoms with E-state index in [1.807, 2.05) is 18.2 Å². The van der Waals surface area contributed by atoms with Gasteiger partial charge in [0.25, 0.3) is 5.56 Å². The summed E-state index contributed by atoms with van der Waals surface area (Å²) in [6.07, 6.45) is 10.1. The molecule has 0 radical (unpaired) electrons. The van der Waals surface area contributed by atoms with Crippen LogP contribution in [0.4, 0.5) is 5.82 Å². The standard InChI is InChI=1S/C16H17N5O/c22-16-15-11(9-18-20-15)7-8-21(16)13-5-6-14(17-10-13)19-12-3-1-2-4-12/h5-10,12H,1-4H2,(H,17,19)(H,18,20). The van der Waals surface area contributed by atoms with Crippen LogP contribution in [-0.2, 0) is 0 Å². The fraction of sp³-hybridized carbons (Fsp3) is 0.312. The Labute approximate surface area is 127 Å². The number of nitrogens with one attached hydrogen (secondary N) is 2. The number of hydrogen-bond acceptors (Lipinski definition) is 4. The maximum Gasteiger partial charge on any atom is 0.281 e. The quantitative estimate of drug-likeness (QED) is 0.778. The van der Waals surface area contributed by atoms with E-state index < -0.39 is 0 Å². The zero-order chi connectivity index (χ0) is 14.9. The topological polar surface area (TPSA) is 75.6 Å². The minimum absolute atomic E-state index is 0.117. The number of anilines is 1. The van der Waals surface area contributed by atoms with Gasteiger partial charge in [0, 0.05) is 17.6 Å². The molecular formula is C16H17N5O. The molecule has 3 aromatic rings. The van der Waals surface area contributed by atoms with Gasteiger partial charge < -0.3 is 5.32 Å². The van der Waals surface area contributed by atoms with Crippen molar-refractivity contribution in [2.45, 2.75) is 31.7 Å². The van der Waals surface area contributed by atoms with Crippen molar-refractivity contribution in [1.82, 2.24) is 19.7 Å². The molecule has 0 spiro atoms. The predicted octanol–water partition coefficient (Wildman–Crippen LogP) is 2.46. The molecule has 6 heteroatoms. The van der Waals surface area contributed by atoms with Gasteiger partial charge >= 0.3 is 0 Å². The average Bonchev–Trinajstić information content (AvgIpc) is 3.20. The molecule has 0 saturated heterocycles. The molecular weight excluding hydrogens is 278 g/mol. The molecule has 0 amide bonds. The number of aromatic amines is 1. The summed E-state index contributed by atoms with van der Waals surface area (Å²) in [6.45, 7) is 0. The Hall–Kier alpha value is -2.63. The smallest absolute Gasteiger partial charge is 0.281 e. The molecule has 1 fully saturated rings. The summed E-state index contributed by atoms with van der Waals surface area (Å²) >= 11 is 0. The molecule has 0 atom stereocenters. The summed E-state index contributed by atoms with van der Waals surface area (Å²) in [5, 5.41) is 10.9. The Bertz CT molecular complexity index is 843. The van der Waals surface area contributed by atoms with Crippen molar-refractivity contribution in [3.8, 4) is 5.69 Å². The maximum atomic E-state index is 12.4. The lowest BCUT2D eigenvalue weighted by Crippen LogP contribution is -2.18. The lowest BCUT2D eigenvalue weighted by molar-refractivity contribution is 0.750. The molecule has 0 bridgehead atoms. The van der Waals surface area contributed by atoms with Crippen molar-refractivity contribution in [2.75, 3.05) is 5.32 Å². The largest absolute Gasteiger partial charge is 0.367 e. The molecule has 3 heterocycles. The van der Waals surface area contributed by atoms with Crippen LogP contribution in [0.15, 0.2) is 41.6 Å². The number of fused-ring (bicyclic) bond motifs is 1. The molecule has 1 aliphatic rings. The van der Waals surface area contributed by atoms with Crippen LogP contribution in [0.25, 0.3) is 16.6 Å². The molecule has 0 unspecified atom stereocenters. The first-order valence-corrected chi connectivity index (χ1v) is 7.59. The molecule has 3 aromatic heterocycles. The van der Waals surface area contributed by atoms with Crippen LogP contribution in [-0.4, -0.2) is 25.8 Å². The van der Waals surface area contributed by atoms with E-state index in [4.69, 9.17) is 0 Å². The van der Waals surface area contributed by atoms with E-state index in [1.54, 1.807) is 23.2 Å². The minimum atomic E-state index is -0.117. The first-order valence-electron chi connectivity index (χ1n) is 7.59. The van der Waals surface area contributed by atoms with Gasteiger partial charge in [-0.05, 0) is 31.0 Å². The Morgan fingerprint density at radius 2 is 2.05 bits per heavy atom. The predicted molar refractivity (Wildman–Crippen MR) is 85.4 cm³/mol. The first-order chi connectivity index (χ1) is 10.8. The first kappa shape index (κ1) is 13.1. The highest BCUT2D eigenvalue weighted by molar-refractivity contribution is 5.76. The molecule has 112 valence electrons. The summed E-state index contributed by atoms with van der Waals surface area (Å²) in [6, 6.07) is 6.23. The normalized spacial score (nSPS) is 15.5. The lowest BCUT2D eigenvalue weighted by atomic mass is 10.2. The molecule has 2 N–H and O–H groups in total. The van der Waals surface area contributed by atoms with Gasteiger partial charge in [0.2, 0.25) is 0 Å². The minimum Gasteiger partial charge on any atom is -0.367 e. The van der Waals surface area contributed by atoms with Crippen molar-refractivity contribution in [2.24, 2.45) is 0 Å². The summed E-state index contributed by atoms with van der Waals surface area (Å²) in [5.41, 5.74) is 1.14. The van der Waals surface area contributed by atoms with E-state index in [9.17, 15) is 4.79 Å². The van der Waals surface area contributed by atoms with Gasteiger partial charge in [0.15, 0.2) is 0 Å². The molecule has 1 aliphatic carbocycles. The third-order valence-electron chi connectivity index (χ3n) is 4.24. The summed E-state index contributed by atoms with van der Waals surface area (Å²) < 4.78 is 1.58. The van der Waals surface area contributed by atoms with Crippen molar-refractivity contribution in [3.05, 3.63) is 47.1 Å². The number of rotatable bonds is 3. The second kappa shape index (κ2) is 5.29. The Balaban J connectivity index is 1.63. The van der Waals surface area contributed by atoms with Gasteiger partial charge in [-0.3, -0.25) is 14.5 Å². The third-order valence-corrected chi connectivity index (χ3v) is 4.24. The SMILES string of the molecule is O=c1c2[nH]ncc2ccn1-c1ccc(NC2CCCC2)nc1. The fourth-order valence-corrected chi connectivity index (χ4v) is 3.03. The van der Waals surface area contributed by atoms with Crippen LogP contribution in [0.1, 0.15) is 25.7 Å². The number of nitrogens with zero attached hydrogens (tertiary/aromatic N) is 3. The van der Waals surface area contributed by atoms with Gasteiger partial charge in [-0.25, -0.2) is 4.98 Å².